The Morgan fingerprint density at radius 2 is 1.75 bits per heavy atom. The normalized spacial score (nSPS) is 19.1. The van der Waals surface area contributed by atoms with Crippen molar-refractivity contribution in [1.82, 2.24) is 10.2 Å². The molecule has 1 saturated carbocycles. The smallest absolute Gasteiger partial charge is 0.220 e. The summed E-state index contributed by atoms with van der Waals surface area (Å²) in [5.74, 6) is 1.84. The van der Waals surface area contributed by atoms with Gasteiger partial charge in [0.05, 0.1) is 0 Å². The Bertz CT molecular complexity index is 777. The van der Waals surface area contributed by atoms with E-state index in [1.54, 1.807) is 0 Å². The highest BCUT2D eigenvalue weighted by molar-refractivity contribution is 5.83. The molecule has 0 aromatic heterocycles. The van der Waals surface area contributed by atoms with Crippen LogP contribution in [-0.4, -0.2) is 43.1 Å². The van der Waals surface area contributed by atoms with Crippen LogP contribution < -0.4 is 10.1 Å². The SMILES string of the molecule is O=C(CC1CCCC1)NC1CCN(CCOc2ccc3ccccc3c2)CC1. The monoisotopic (exact) mass is 380 g/mol. The molecule has 28 heavy (non-hydrogen) atoms. The van der Waals surface area contributed by atoms with Crippen molar-refractivity contribution >= 4 is 16.7 Å². The molecule has 1 amide bonds. The minimum absolute atomic E-state index is 0.269. The Hall–Kier alpha value is -2.07. The van der Waals surface area contributed by atoms with Crippen LogP contribution in [0.1, 0.15) is 44.9 Å². The number of hydrogen-bond donors (Lipinski definition) is 1. The molecule has 2 aliphatic rings. The fourth-order valence-corrected chi connectivity index (χ4v) is 4.61. The summed E-state index contributed by atoms with van der Waals surface area (Å²) in [6, 6.07) is 15.0. The standard InChI is InChI=1S/C24H32N2O2/c27-24(17-19-5-1-2-6-19)25-22-11-13-26(14-12-22)15-16-28-23-10-9-20-7-3-4-8-21(20)18-23/h3-4,7-10,18-19,22H,1-2,5-6,11-17H2,(H,25,27). The largest absolute Gasteiger partial charge is 0.492 e. The lowest BCUT2D eigenvalue weighted by molar-refractivity contribution is -0.123. The van der Waals surface area contributed by atoms with E-state index < -0.39 is 0 Å². The van der Waals surface area contributed by atoms with Crippen molar-refractivity contribution in [3.8, 4) is 5.75 Å². The predicted molar refractivity (Wildman–Crippen MR) is 114 cm³/mol. The summed E-state index contributed by atoms with van der Waals surface area (Å²) in [5.41, 5.74) is 0. The van der Waals surface area contributed by atoms with E-state index in [9.17, 15) is 4.79 Å². The zero-order valence-electron chi connectivity index (χ0n) is 16.7. The number of hydrogen-bond acceptors (Lipinski definition) is 3. The highest BCUT2D eigenvalue weighted by atomic mass is 16.5. The first-order chi connectivity index (χ1) is 13.8. The van der Waals surface area contributed by atoms with E-state index in [4.69, 9.17) is 4.74 Å². The highest BCUT2D eigenvalue weighted by Crippen LogP contribution is 2.27. The second-order valence-electron chi connectivity index (χ2n) is 8.40. The number of ether oxygens (including phenoxy) is 1. The number of likely N-dealkylation sites (tertiary alicyclic amines) is 1. The number of benzene rings is 2. The average Bonchev–Trinajstić information content (AvgIpc) is 3.22. The summed E-state index contributed by atoms with van der Waals surface area (Å²) in [6.07, 6.45) is 7.92. The van der Waals surface area contributed by atoms with Crippen LogP contribution in [0.5, 0.6) is 5.75 Å². The van der Waals surface area contributed by atoms with E-state index in [1.807, 2.05) is 0 Å². The van der Waals surface area contributed by atoms with Crippen LogP contribution in [0.3, 0.4) is 0 Å². The maximum Gasteiger partial charge on any atom is 0.220 e. The number of rotatable bonds is 7. The number of piperidine rings is 1. The Morgan fingerprint density at radius 3 is 2.54 bits per heavy atom. The van der Waals surface area contributed by atoms with Crippen molar-refractivity contribution in [2.24, 2.45) is 5.92 Å². The number of amides is 1. The molecule has 0 radical (unpaired) electrons. The highest BCUT2D eigenvalue weighted by Gasteiger charge is 2.23. The third kappa shape index (κ3) is 5.26. The van der Waals surface area contributed by atoms with Gasteiger partial charge in [-0.15, -0.1) is 0 Å². The minimum Gasteiger partial charge on any atom is -0.492 e. The van der Waals surface area contributed by atoms with Gasteiger partial charge in [-0.1, -0.05) is 43.2 Å². The van der Waals surface area contributed by atoms with E-state index in [0.717, 1.165) is 44.6 Å². The number of fused-ring (bicyclic) bond motifs is 1. The second-order valence-corrected chi connectivity index (χ2v) is 8.40. The van der Waals surface area contributed by atoms with Crippen LogP contribution in [0.4, 0.5) is 0 Å². The number of carbonyl (C=O) groups excluding carboxylic acids is 1. The van der Waals surface area contributed by atoms with Crippen molar-refractivity contribution in [3.05, 3.63) is 42.5 Å². The van der Waals surface area contributed by atoms with Crippen molar-refractivity contribution in [1.29, 1.82) is 0 Å². The maximum atomic E-state index is 12.2. The number of nitrogens with zero attached hydrogens (tertiary/aromatic N) is 1. The van der Waals surface area contributed by atoms with E-state index in [2.05, 4.69) is 52.7 Å². The molecule has 4 heteroatoms. The van der Waals surface area contributed by atoms with Gasteiger partial charge in [-0.2, -0.15) is 0 Å². The molecule has 0 spiro atoms. The van der Waals surface area contributed by atoms with Crippen LogP contribution in [-0.2, 0) is 4.79 Å². The third-order valence-corrected chi connectivity index (χ3v) is 6.30. The first-order valence-corrected chi connectivity index (χ1v) is 10.9. The Labute approximate surface area is 168 Å². The summed E-state index contributed by atoms with van der Waals surface area (Å²) in [6.45, 7) is 3.72. The molecule has 2 aromatic carbocycles. The molecule has 1 heterocycles. The van der Waals surface area contributed by atoms with E-state index in [0.29, 0.717) is 18.6 Å². The molecule has 4 nitrogen and oxygen atoms in total. The summed E-state index contributed by atoms with van der Waals surface area (Å²) < 4.78 is 5.97. The van der Waals surface area contributed by atoms with Crippen molar-refractivity contribution < 1.29 is 9.53 Å². The molecule has 1 aliphatic carbocycles. The Balaban J connectivity index is 1.14. The van der Waals surface area contributed by atoms with E-state index in [1.165, 1.54) is 36.5 Å². The van der Waals surface area contributed by atoms with Gasteiger partial charge in [0.15, 0.2) is 0 Å². The van der Waals surface area contributed by atoms with Gasteiger partial charge >= 0.3 is 0 Å². The van der Waals surface area contributed by atoms with Gasteiger partial charge in [-0.25, -0.2) is 0 Å². The molecular weight excluding hydrogens is 348 g/mol. The topological polar surface area (TPSA) is 41.6 Å². The van der Waals surface area contributed by atoms with Crippen LogP contribution in [0.15, 0.2) is 42.5 Å². The molecule has 1 N–H and O–H groups in total. The maximum absolute atomic E-state index is 12.2. The first-order valence-electron chi connectivity index (χ1n) is 10.9. The van der Waals surface area contributed by atoms with Crippen LogP contribution in [0.2, 0.25) is 0 Å². The van der Waals surface area contributed by atoms with Gasteiger partial charge in [-0.3, -0.25) is 9.69 Å². The molecule has 2 aromatic rings. The molecule has 1 aliphatic heterocycles. The van der Waals surface area contributed by atoms with Crippen molar-refractivity contribution in [2.45, 2.75) is 51.0 Å². The molecule has 0 bridgehead atoms. The van der Waals surface area contributed by atoms with Crippen molar-refractivity contribution in [3.63, 3.8) is 0 Å². The van der Waals surface area contributed by atoms with Gasteiger partial charge in [0, 0.05) is 32.1 Å². The predicted octanol–water partition coefficient (Wildman–Crippen LogP) is 4.38. The molecule has 1 saturated heterocycles. The van der Waals surface area contributed by atoms with Gasteiger partial charge < -0.3 is 10.1 Å². The first kappa shape index (κ1) is 19.3. The van der Waals surface area contributed by atoms with Gasteiger partial charge in [-0.05, 0) is 54.5 Å². The fourth-order valence-electron chi connectivity index (χ4n) is 4.61. The Kier molecular flexibility index (Phi) is 6.48. The van der Waals surface area contributed by atoms with Gasteiger partial charge in [0.2, 0.25) is 5.91 Å². The van der Waals surface area contributed by atoms with E-state index in [-0.39, 0.29) is 5.91 Å². The lowest BCUT2D eigenvalue weighted by Crippen LogP contribution is -2.45. The molecule has 4 rings (SSSR count). The molecular formula is C24H32N2O2. The van der Waals surface area contributed by atoms with Crippen molar-refractivity contribution in [2.75, 3.05) is 26.2 Å². The molecule has 0 unspecified atom stereocenters. The number of carbonyl (C=O) groups is 1. The third-order valence-electron chi connectivity index (χ3n) is 6.30. The lowest BCUT2D eigenvalue weighted by atomic mass is 10.0. The summed E-state index contributed by atoms with van der Waals surface area (Å²) in [7, 11) is 0. The Morgan fingerprint density at radius 1 is 1.00 bits per heavy atom. The number of nitrogens with one attached hydrogen (secondary N) is 1. The summed E-state index contributed by atoms with van der Waals surface area (Å²) >= 11 is 0. The molecule has 0 atom stereocenters. The summed E-state index contributed by atoms with van der Waals surface area (Å²) in [5, 5.41) is 5.73. The lowest BCUT2D eigenvalue weighted by Gasteiger charge is -2.32. The molecule has 2 fully saturated rings. The average molecular weight is 381 g/mol. The van der Waals surface area contributed by atoms with Crippen LogP contribution in [0, 0.1) is 5.92 Å². The zero-order valence-corrected chi connectivity index (χ0v) is 16.7. The quantitative estimate of drug-likeness (QED) is 0.775. The fraction of sp³-hybridized carbons (Fsp3) is 0.542. The zero-order chi connectivity index (χ0) is 19.2. The second kappa shape index (κ2) is 9.42. The van der Waals surface area contributed by atoms with Gasteiger partial charge in [0.1, 0.15) is 12.4 Å². The summed E-state index contributed by atoms with van der Waals surface area (Å²) in [4.78, 5) is 14.7. The molecule has 150 valence electrons. The van der Waals surface area contributed by atoms with Gasteiger partial charge in [0.25, 0.3) is 0 Å². The van der Waals surface area contributed by atoms with E-state index >= 15 is 0 Å². The van der Waals surface area contributed by atoms with Crippen LogP contribution >= 0.6 is 0 Å². The minimum atomic E-state index is 0.269. The van der Waals surface area contributed by atoms with Crippen LogP contribution in [0.25, 0.3) is 10.8 Å².